The average Bonchev–Trinajstić information content (AvgIpc) is 3.41. The van der Waals surface area contributed by atoms with E-state index in [0.29, 0.717) is 18.2 Å². The zero-order valence-corrected chi connectivity index (χ0v) is 25.0. The first-order valence-corrected chi connectivity index (χ1v) is 14.5. The molecule has 0 aromatic carbocycles. The van der Waals surface area contributed by atoms with Crippen LogP contribution in [0.5, 0.6) is 0 Å². The molecule has 2 heterocycles. The maximum absolute atomic E-state index is 13.4. The lowest BCUT2D eigenvalue weighted by Gasteiger charge is -2.45. The number of hydrogen-bond donors (Lipinski definition) is 0. The van der Waals surface area contributed by atoms with Gasteiger partial charge in [-0.25, -0.2) is 18.3 Å². The molecule has 3 atom stereocenters. The molecule has 0 bridgehead atoms. The van der Waals surface area contributed by atoms with Crippen LogP contribution in [0.25, 0.3) is 0 Å². The van der Waals surface area contributed by atoms with Crippen molar-refractivity contribution < 1.29 is 19.3 Å². The van der Waals surface area contributed by atoms with E-state index in [2.05, 4.69) is 44.2 Å². The zero-order chi connectivity index (χ0) is 28.1. The number of rotatable bonds is 12. The molecule has 0 amide bonds. The van der Waals surface area contributed by atoms with Gasteiger partial charge in [0, 0.05) is 6.54 Å². The fourth-order valence-electron chi connectivity index (χ4n) is 6.52. The van der Waals surface area contributed by atoms with Crippen molar-refractivity contribution >= 4 is 11.8 Å². The topological polar surface area (TPSA) is 88.5 Å². The Balaban J connectivity index is 1.78. The van der Waals surface area contributed by atoms with Crippen LogP contribution >= 0.6 is 0 Å². The van der Waals surface area contributed by atoms with Gasteiger partial charge in [-0.2, -0.15) is 0 Å². The van der Waals surface area contributed by atoms with Gasteiger partial charge in [0.1, 0.15) is 24.8 Å². The summed E-state index contributed by atoms with van der Waals surface area (Å²) in [6.07, 6.45) is 16.2. The van der Waals surface area contributed by atoms with Gasteiger partial charge in [-0.05, 0) is 56.8 Å². The average molecular weight is 527 g/mol. The number of imidazole rings is 2. The molecular weight excluding hydrogens is 476 g/mol. The molecule has 38 heavy (non-hydrogen) atoms. The molecule has 8 nitrogen and oxygen atoms in total. The van der Waals surface area contributed by atoms with Crippen LogP contribution in [-0.4, -0.2) is 33.5 Å². The minimum Gasteiger partial charge on any atom is -0.853 e. The van der Waals surface area contributed by atoms with Gasteiger partial charge < -0.3 is 10.2 Å². The lowest BCUT2D eigenvalue weighted by molar-refractivity contribution is -0.674. The van der Waals surface area contributed by atoms with Crippen molar-refractivity contribution in [1.82, 2.24) is 9.13 Å². The van der Waals surface area contributed by atoms with Crippen molar-refractivity contribution in [3.05, 3.63) is 36.4 Å². The number of hydrogen-bond acceptors (Lipinski definition) is 4. The minimum absolute atomic E-state index is 0.00678. The lowest BCUT2D eigenvalue weighted by atomic mass is 9.63. The summed E-state index contributed by atoms with van der Waals surface area (Å²) in [7, 11) is 3.80. The quantitative estimate of drug-likeness (QED) is 0.184. The number of unbranched alkanes of at least 4 members (excludes halogenated alkanes) is 3. The largest absolute Gasteiger partial charge is 0.853 e. The van der Waals surface area contributed by atoms with Gasteiger partial charge in [0.25, 0.3) is 11.6 Å². The number of aliphatic imine (C=N–C) groups is 2. The van der Waals surface area contributed by atoms with Crippen LogP contribution in [-0.2, 0) is 20.6 Å². The van der Waals surface area contributed by atoms with Crippen molar-refractivity contribution in [3.63, 3.8) is 0 Å². The van der Waals surface area contributed by atoms with E-state index in [-0.39, 0.29) is 34.7 Å². The number of aromatic nitrogens is 4. The molecule has 3 rings (SSSR count). The Morgan fingerprint density at radius 3 is 2.37 bits per heavy atom. The first-order valence-electron chi connectivity index (χ1n) is 14.5. The molecule has 8 heteroatoms. The molecule has 1 aliphatic rings. The Bertz CT molecular complexity index is 1130. The Hall–Kier alpha value is -2.64. The van der Waals surface area contributed by atoms with Crippen molar-refractivity contribution in [1.29, 1.82) is 0 Å². The monoisotopic (exact) mass is 526 g/mol. The first kappa shape index (κ1) is 29.9. The molecule has 2 aromatic heterocycles. The van der Waals surface area contributed by atoms with Crippen LogP contribution < -0.4 is 19.3 Å². The summed E-state index contributed by atoms with van der Waals surface area (Å²) in [5.41, 5.74) is -0.199. The highest BCUT2D eigenvalue weighted by atomic mass is 16.3. The van der Waals surface area contributed by atoms with Crippen LogP contribution in [0.2, 0.25) is 0 Å². The molecule has 0 spiro atoms. The van der Waals surface area contributed by atoms with Gasteiger partial charge in [-0.15, -0.1) is 0 Å². The molecule has 1 saturated carbocycles. The van der Waals surface area contributed by atoms with E-state index in [4.69, 9.17) is 4.99 Å². The standard InChI is InChI=1S/C30H50N6O2/c1-9-11-12-13-14-23(3)36-18-16-34(8)28(36)25(37)31-22-30(6)20-24(19-29(4,5)21-30)32-26(38)27-33(7)15-17-35(27)10-2/h15-18,23-24H,9-14,19-22H2,1-8H3. The van der Waals surface area contributed by atoms with Gasteiger partial charge in [-0.3, -0.25) is 9.98 Å². The smallest absolute Gasteiger partial charge is 0.292 e. The van der Waals surface area contributed by atoms with Crippen molar-refractivity contribution in [3.8, 4) is 0 Å². The molecule has 0 saturated heterocycles. The molecule has 1 aliphatic carbocycles. The fourth-order valence-corrected chi connectivity index (χ4v) is 6.52. The van der Waals surface area contributed by atoms with E-state index < -0.39 is 0 Å². The van der Waals surface area contributed by atoms with Crippen LogP contribution in [0, 0.1) is 10.8 Å². The maximum atomic E-state index is 13.4. The highest BCUT2D eigenvalue weighted by Gasteiger charge is 2.41. The van der Waals surface area contributed by atoms with Crippen LogP contribution in [0.1, 0.15) is 111 Å². The first-order chi connectivity index (χ1) is 17.9. The third kappa shape index (κ3) is 7.26. The molecule has 0 aliphatic heterocycles. The Kier molecular flexibility index (Phi) is 9.82. The summed E-state index contributed by atoms with van der Waals surface area (Å²) < 4.78 is 7.76. The van der Waals surface area contributed by atoms with E-state index in [1.54, 1.807) is 0 Å². The molecule has 212 valence electrons. The van der Waals surface area contributed by atoms with Crippen molar-refractivity contribution in [2.45, 2.75) is 112 Å². The van der Waals surface area contributed by atoms with Crippen molar-refractivity contribution in [2.75, 3.05) is 6.54 Å². The summed E-state index contributed by atoms with van der Waals surface area (Å²) in [5, 5.41) is 26.6. The third-order valence-electron chi connectivity index (χ3n) is 8.11. The number of nitrogens with zero attached hydrogens (tertiary/aromatic N) is 6. The van der Waals surface area contributed by atoms with Gasteiger partial charge in [0.2, 0.25) is 0 Å². The molecular formula is C30H50N6O2. The van der Waals surface area contributed by atoms with Crippen LogP contribution in [0.4, 0.5) is 0 Å². The second-order valence-electron chi connectivity index (χ2n) is 12.6. The summed E-state index contributed by atoms with van der Waals surface area (Å²) >= 11 is 0. The van der Waals surface area contributed by atoms with Gasteiger partial charge in [0.05, 0.1) is 44.5 Å². The van der Waals surface area contributed by atoms with E-state index >= 15 is 0 Å². The van der Waals surface area contributed by atoms with Gasteiger partial charge in [-0.1, -0.05) is 47.0 Å². The van der Waals surface area contributed by atoms with E-state index in [1.165, 1.54) is 25.7 Å². The number of aryl methyl sites for hydroxylation is 3. The Morgan fingerprint density at radius 2 is 1.68 bits per heavy atom. The normalized spacial score (nSPS) is 23.1. The fraction of sp³-hybridized carbons (Fsp3) is 0.733. The van der Waals surface area contributed by atoms with Crippen LogP contribution in [0.3, 0.4) is 0 Å². The highest BCUT2D eigenvalue weighted by Crippen LogP contribution is 2.47. The van der Waals surface area contributed by atoms with Crippen molar-refractivity contribution in [2.24, 2.45) is 34.9 Å². The summed E-state index contributed by atoms with van der Waals surface area (Å²) in [6, 6.07) is 0.161. The summed E-state index contributed by atoms with van der Waals surface area (Å²) in [6.45, 7) is 14.3. The summed E-state index contributed by atoms with van der Waals surface area (Å²) in [5.74, 6) is 0.903. The summed E-state index contributed by atoms with van der Waals surface area (Å²) in [4.78, 5) is 9.32. The van der Waals surface area contributed by atoms with E-state index in [0.717, 1.165) is 32.2 Å². The predicted molar refractivity (Wildman–Crippen MR) is 148 cm³/mol. The SMILES string of the molecule is CCCCCCC(C)n1cc[n+](C)c1C([O-])=NCC1(C)CC(N=C([O-])c2n(CC)cc[n+]2C)CC(C)(C)C1. The van der Waals surface area contributed by atoms with E-state index in [9.17, 15) is 10.2 Å². The molecule has 0 N–H and O–H groups in total. The lowest BCUT2D eigenvalue weighted by Crippen LogP contribution is -2.44. The van der Waals surface area contributed by atoms with Gasteiger partial charge >= 0.3 is 0 Å². The maximum Gasteiger partial charge on any atom is 0.292 e. The molecule has 1 fully saturated rings. The zero-order valence-electron chi connectivity index (χ0n) is 25.0. The third-order valence-corrected chi connectivity index (χ3v) is 8.11. The Labute approximate surface area is 229 Å². The second kappa shape index (κ2) is 12.5. The molecule has 3 unspecified atom stereocenters. The second-order valence-corrected chi connectivity index (χ2v) is 12.6. The highest BCUT2D eigenvalue weighted by molar-refractivity contribution is 5.86. The van der Waals surface area contributed by atoms with Crippen LogP contribution in [0.15, 0.2) is 34.8 Å². The minimum atomic E-state index is -0.206. The Morgan fingerprint density at radius 1 is 1.00 bits per heavy atom. The predicted octanol–water partition coefficient (Wildman–Crippen LogP) is 2.99. The van der Waals surface area contributed by atoms with Gasteiger partial charge in [0.15, 0.2) is 0 Å². The van der Waals surface area contributed by atoms with E-state index in [1.807, 2.05) is 59.5 Å². The molecule has 0 radical (unpaired) electrons. The molecule has 2 aromatic rings.